The van der Waals surface area contributed by atoms with Crippen molar-refractivity contribution in [1.82, 2.24) is 19.7 Å². The molecule has 1 aliphatic carbocycles. The number of morpholine rings is 1. The Morgan fingerprint density at radius 2 is 1.75 bits per heavy atom. The first-order valence-corrected chi connectivity index (χ1v) is 13.8. The molecule has 0 spiro atoms. The number of hydrogen-bond donors (Lipinski definition) is 1. The number of ether oxygens (including phenoxy) is 1. The summed E-state index contributed by atoms with van der Waals surface area (Å²) in [5.74, 6) is 0.546. The summed E-state index contributed by atoms with van der Waals surface area (Å²) in [6.45, 7) is 6.33. The molecule has 3 fully saturated rings. The average Bonchev–Trinajstić information content (AvgIpc) is 2.91. The van der Waals surface area contributed by atoms with Gasteiger partial charge in [0.2, 0.25) is 0 Å². The molecule has 36 heavy (non-hydrogen) atoms. The molecule has 7 nitrogen and oxygen atoms in total. The Labute approximate surface area is 213 Å². The van der Waals surface area contributed by atoms with Crippen molar-refractivity contribution in [3.63, 3.8) is 0 Å². The Balaban J connectivity index is 1.22. The number of aromatic nitrogens is 1. The van der Waals surface area contributed by atoms with Crippen LogP contribution in [0.15, 0.2) is 41.2 Å². The van der Waals surface area contributed by atoms with E-state index >= 15 is 0 Å². The van der Waals surface area contributed by atoms with Crippen LogP contribution in [0.5, 0.6) is 0 Å². The molecule has 3 aliphatic heterocycles. The number of piperidine rings is 1. The van der Waals surface area contributed by atoms with Gasteiger partial charge in [0.05, 0.1) is 13.2 Å². The highest BCUT2D eigenvalue weighted by atomic mass is 16.5. The fourth-order valence-electron chi connectivity index (χ4n) is 6.75. The van der Waals surface area contributed by atoms with Gasteiger partial charge in [-0.3, -0.25) is 9.69 Å². The highest BCUT2D eigenvalue weighted by molar-refractivity contribution is 5.75. The van der Waals surface area contributed by atoms with Crippen LogP contribution in [0.3, 0.4) is 0 Å². The van der Waals surface area contributed by atoms with Gasteiger partial charge in [-0.2, -0.15) is 0 Å². The minimum absolute atomic E-state index is 0.0843. The number of nitrogens with one attached hydrogen (secondary N) is 1. The van der Waals surface area contributed by atoms with E-state index < -0.39 is 0 Å². The smallest absolute Gasteiger partial charge is 0.317 e. The van der Waals surface area contributed by atoms with E-state index in [2.05, 4.69) is 34.5 Å². The van der Waals surface area contributed by atoms with Crippen LogP contribution in [0, 0.1) is 5.92 Å². The van der Waals surface area contributed by atoms with Crippen LogP contribution in [0.25, 0.3) is 11.1 Å². The Morgan fingerprint density at radius 3 is 2.58 bits per heavy atom. The van der Waals surface area contributed by atoms with Crippen LogP contribution in [-0.4, -0.2) is 65.8 Å². The molecule has 1 saturated carbocycles. The number of rotatable bonds is 4. The van der Waals surface area contributed by atoms with Gasteiger partial charge in [-0.25, -0.2) is 4.79 Å². The Morgan fingerprint density at radius 1 is 0.944 bits per heavy atom. The van der Waals surface area contributed by atoms with Crippen molar-refractivity contribution in [2.24, 2.45) is 5.92 Å². The summed E-state index contributed by atoms with van der Waals surface area (Å²) in [5, 5.41) is 3.29. The molecule has 2 amide bonds. The van der Waals surface area contributed by atoms with Crippen LogP contribution in [0.2, 0.25) is 0 Å². The number of benzene rings is 1. The van der Waals surface area contributed by atoms with Crippen molar-refractivity contribution in [2.45, 2.75) is 63.6 Å². The summed E-state index contributed by atoms with van der Waals surface area (Å²) >= 11 is 0. The highest BCUT2D eigenvalue weighted by Gasteiger charge is 2.37. The number of nitrogens with zero attached hydrogens (tertiary/aromatic N) is 3. The molecule has 2 saturated heterocycles. The summed E-state index contributed by atoms with van der Waals surface area (Å²) in [5.41, 5.74) is 4.21. The van der Waals surface area contributed by atoms with Gasteiger partial charge in [0.15, 0.2) is 0 Å². The van der Waals surface area contributed by atoms with E-state index in [1.54, 1.807) is 0 Å². The van der Waals surface area contributed by atoms with Crippen LogP contribution < -0.4 is 10.9 Å². The normalized spacial score (nSPS) is 24.8. The number of carbonyl (C=O) groups excluding carboxylic acids is 1. The van der Waals surface area contributed by atoms with E-state index in [4.69, 9.17) is 4.74 Å². The maximum absolute atomic E-state index is 13.8. The maximum atomic E-state index is 13.8. The molecule has 1 aromatic heterocycles. The van der Waals surface area contributed by atoms with E-state index in [1.165, 1.54) is 24.8 Å². The second-order valence-electron chi connectivity index (χ2n) is 11.1. The van der Waals surface area contributed by atoms with Gasteiger partial charge in [0.1, 0.15) is 0 Å². The lowest BCUT2D eigenvalue weighted by Crippen LogP contribution is -2.53. The number of likely N-dealkylation sites (tertiary alicyclic amines) is 1. The van der Waals surface area contributed by atoms with Crippen LogP contribution in [0.4, 0.5) is 4.79 Å². The third-order valence-corrected chi connectivity index (χ3v) is 8.63. The number of carbonyl (C=O) groups is 1. The molecule has 4 heterocycles. The van der Waals surface area contributed by atoms with Gasteiger partial charge in [0.25, 0.3) is 5.56 Å². The van der Waals surface area contributed by atoms with E-state index in [-0.39, 0.29) is 17.5 Å². The second-order valence-corrected chi connectivity index (χ2v) is 11.1. The minimum Gasteiger partial charge on any atom is -0.379 e. The Hall–Kier alpha value is -2.64. The van der Waals surface area contributed by atoms with Crippen molar-refractivity contribution in [2.75, 3.05) is 39.4 Å². The molecule has 1 aromatic carbocycles. The van der Waals surface area contributed by atoms with Gasteiger partial charge < -0.3 is 19.5 Å². The fourth-order valence-corrected chi connectivity index (χ4v) is 6.75. The molecular formula is C29H38N4O3. The Bertz CT molecular complexity index is 1150. The van der Waals surface area contributed by atoms with Crippen LogP contribution in [0.1, 0.15) is 55.7 Å². The van der Waals surface area contributed by atoms with Gasteiger partial charge in [-0.05, 0) is 48.4 Å². The molecule has 2 bridgehead atoms. The van der Waals surface area contributed by atoms with E-state index in [0.717, 1.165) is 75.5 Å². The molecule has 2 unspecified atom stereocenters. The fraction of sp³-hybridized carbons (Fsp3) is 0.586. The number of pyridine rings is 1. The van der Waals surface area contributed by atoms with Gasteiger partial charge in [-0.1, -0.05) is 43.5 Å². The molecule has 2 atom stereocenters. The van der Waals surface area contributed by atoms with Gasteiger partial charge in [0, 0.05) is 62.5 Å². The second kappa shape index (κ2) is 10.4. The lowest BCUT2D eigenvalue weighted by atomic mass is 9.82. The van der Waals surface area contributed by atoms with E-state index in [1.807, 2.05) is 21.6 Å². The van der Waals surface area contributed by atoms with E-state index in [9.17, 15) is 9.59 Å². The molecular weight excluding hydrogens is 452 g/mol. The molecule has 4 aliphatic rings. The van der Waals surface area contributed by atoms with Crippen LogP contribution >= 0.6 is 0 Å². The van der Waals surface area contributed by atoms with Gasteiger partial charge >= 0.3 is 6.03 Å². The van der Waals surface area contributed by atoms with Crippen molar-refractivity contribution in [3.8, 4) is 11.1 Å². The van der Waals surface area contributed by atoms with Gasteiger partial charge in [-0.15, -0.1) is 0 Å². The predicted molar refractivity (Wildman–Crippen MR) is 140 cm³/mol. The summed E-state index contributed by atoms with van der Waals surface area (Å²) < 4.78 is 7.52. The summed E-state index contributed by atoms with van der Waals surface area (Å²) in [4.78, 5) is 31.3. The van der Waals surface area contributed by atoms with Crippen LogP contribution in [-0.2, 0) is 17.8 Å². The number of fused-ring (bicyclic) bond motifs is 4. The first-order valence-electron chi connectivity index (χ1n) is 13.8. The highest BCUT2D eigenvalue weighted by Crippen LogP contribution is 2.36. The van der Waals surface area contributed by atoms with Crippen molar-refractivity contribution in [1.29, 1.82) is 0 Å². The largest absolute Gasteiger partial charge is 0.379 e. The molecule has 7 heteroatoms. The first kappa shape index (κ1) is 23.7. The van der Waals surface area contributed by atoms with E-state index in [0.29, 0.717) is 25.0 Å². The molecule has 192 valence electrons. The number of hydrogen-bond acceptors (Lipinski definition) is 4. The summed E-state index contributed by atoms with van der Waals surface area (Å²) in [6.07, 6.45) is 6.96. The summed E-state index contributed by atoms with van der Waals surface area (Å²) in [7, 11) is 0. The van der Waals surface area contributed by atoms with Crippen molar-refractivity contribution >= 4 is 6.03 Å². The topological polar surface area (TPSA) is 66.8 Å². The van der Waals surface area contributed by atoms with Crippen molar-refractivity contribution < 1.29 is 9.53 Å². The number of amides is 2. The maximum Gasteiger partial charge on any atom is 0.317 e. The monoisotopic (exact) mass is 490 g/mol. The zero-order valence-electron chi connectivity index (χ0n) is 21.2. The number of urea groups is 1. The first-order chi connectivity index (χ1) is 17.7. The molecule has 2 aromatic rings. The standard InChI is InChI=1S/C29H38N4O3/c34-28-26(25-9-5-4-6-22(25)19-31-12-14-36-15-13-31)10-11-27-23-16-21(18-33(27)28)17-32(20-23)29(35)30-24-7-2-1-3-8-24/h4-6,9-11,21,23-24H,1-3,7-8,12-20H2,(H,30,35). The SMILES string of the molecule is O=C(NC1CCCCC1)N1CC2CC(C1)c1ccc(-c3ccccc3CN3CCOCC3)c(=O)n1C2. The molecule has 1 N–H and O–H groups in total. The predicted octanol–water partition coefficient (Wildman–Crippen LogP) is 3.81. The van der Waals surface area contributed by atoms with Crippen molar-refractivity contribution in [3.05, 3.63) is 58.0 Å². The lowest BCUT2D eigenvalue weighted by Gasteiger charge is -2.43. The zero-order chi connectivity index (χ0) is 24.5. The third kappa shape index (κ3) is 4.83. The summed E-state index contributed by atoms with van der Waals surface area (Å²) in [6, 6.07) is 12.9. The Kier molecular flexibility index (Phi) is 6.85. The third-order valence-electron chi connectivity index (χ3n) is 8.63. The zero-order valence-corrected chi connectivity index (χ0v) is 21.2. The lowest BCUT2D eigenvalue weighted by molar-refractivity contribution is 0.0342. The molecule has 6 rings (SSSR count). The molecule has 0 radical (unpaired) electrons. The quantitative estimate of drug-likeness (QED) is 0.708. The average molecular weight is 491 g/mol. The minimum atomic E-state index is 0.0843.